The fourth-order valence-corrected chi connectivity index (χ4v) is 2.60. The highest BCUT2D eigenvalue weighted by Crippen LogP contribution is 2.50. The third-order valence-corrected chi connectivity index (χ3v) is 3.68. The second-order valence-electron chi connectivity index (χ2n) is 4.52. The number of ketones is 1. The van der Waals surface area contributed by atoms with Gasteiger partial charge in [0.05, 0.1) is 11.1 Å². The van der Waals surface area contributed by atoms with E-state index in [0.29, 0.717) is 5.78 Å². The maximum absolute atomic E-state index is 11.6. The van der Waals surface area contributed by atoms with E-state index in [1.807, 2.05) is 0 Å². The Morgan fingerprint density at radius 2 is 2.21 bits per heavy atom. The Morgan fingerprint density at radius 1 is 1.43 bits per heavy atom. The zero-order valence-corrected chi connectivity index (χ0v) is 8.39. The third kappa shape index (κ3) is 0.873. The smallest absolute Gasteiger partial charge is 0.141 e. The first-order valence-corrected chi connectivity index (χ1v) is 5.32. The van der Waals surface area contributed by atoms with Crippen molar-refractivity contribution < 1.29 is 4.79 Å². The summed E-state index contributed by atoms with van der Waals surface area (Å²) in [7, 11) is 0. The van der Waals surface area contributed by atoms with Gasteiger partial charge in [0.2, 0.25) is 0 Å². The molecule has 1 heterocycles. The Labute approximate surface area is 82.9 Å². The molecule has 1 fully saturated rings. The molecule has 0 aliphatic heterocycles. The number of carbonyl (C=O) groups is 1. The van der Waals surface area contributed by atoms with Gasteiger partial charge in [-0.25, -0.2) is 0 Å². The molecule has 2 aliphatic carbocycles. The Balaban J connectivity index is 2.09. The van der Waals surface area contributed by atoms with E-state index in [1.165, 1.54) is 17.7 Å². The van der Waals surface area contributed by atoms with Crippen LogP contribution in [0.2, 0.25) is 0 Å². The number of aryl methyl sites for hydroxylation is 1. The molecule has 14 heavy (non-hydrogen) atoms. The van der Waals surface area contributed by atoms with Gasteiger partial charge in [0.25, 0.3) is 0 Å². The molecule has 74 valence electrons. The number of aromatic amines is 1. The van der Waals surface area contributed by atoms with Gasteiger partial charge in [0.1, 0.15) is 5.78 Å². The number of H-pyrrole nitrogens is 1. The van der Waals surface area contributed by atoms with Crippen LogP contribution in [0.3, 0.4) is 0 Å². The quantitative estimate of drug-likeness (QED) is 0.768. The molecular formula is C11H14N2O. The topological polar surface area (TPSA) is 45.8 Å². The fraction of sp³-hybridized carbons (Fsp3) is 0.636. The minimum atomic E-state index is -0.186. The first-order valence-electron chi connectivity index (χ1n) is 5.32. The van der Waals surface area contributed by atoms with Crippen LogP contribution in [0, 0.1) is 0 Å². The second-order valence-corrected chi connectivity index (χ2v) is 4.52. The van der Waals surface area contributed by atoms with Crippen LogP contribution in [0.5, 0.6) is 0 Å². The molecule has 1 aromatic rings. The van der Waals surface area contributed by atoms with E-state index in [1.54, 1.807) is 6.92 Å². The lowest BCUT2D eigenvalue weighted by molar-refractivity contribution is -0.119. The molecule has 1 N–H and O–H groups in total. The van der Waals surface area contributed by atoms with Crippen molar-refractivity contribution in [1.29, 1.82) is 0 Å². The molecule has 0 atom stereocenters. The second kappa shape index (κ2) is 2.47. The van der Waals surface area contributed by atoms with Gasteiger partial charge in [-0.3, -0.25) is 9.89 Å². The number of nitrogens with zero attached hydrogens (tertiary/aromatic N) is 1. The zero-order chi connectivity index (χ0) is 9.76. The Morgan fingerprint density at radius 3 is 2.86 bits per heavy atom. The highest BCUT2D eigenvalue weighted by Gasteiger charge is 2.52. The number of hydrogen-bond acceptors (Lipinski definition) is 2. The van der Waals surface area contributed by atoms with Crippen molar-refractivity contribution in [2.45, 2.75) is 44.4 Å². The lowest BCUT2D eigenvalue weighted by atomic mass is 9.94. The maximum Gasteiger partial charge on any atom is 0.141 e. The van der Waals surface area contributed by atoms with E-state index in [9.17, 15) is 4.79 Å². The molecule has 1 saturated carbocycles. The predicted octanol–water partition coefficient (Wildman–Crippen LogP) is 1.52. The van der Waals surface area contributed by atoms with Gasteiger partial charge in [-0.05, 0) is 44.6 Å². The number of fused-ring (bicyclic) bond motifs is 1. The summed E-state index contributed by atoms with van der Waals surface area (Å²) >= 11 is 0. The van der Waals surface area contributed by atoms with Crippen LogP contribution in [0.1, 0.15) is 43.1 Å². The van der Waals surface area contributed by atoms with Gasteiger partial charge in [0.15, 0.2) is 0 Å². The van der Waals surface area contributed by atoms with Crippen molar-refractivity contribution in [2.24, 2.45) is 0 Å². The molecule has 0 aromatic carbocycles. The van der Waals surface area contributed by atoms with Crippen molar-refractivity contribution >= 4 is 5.78 Å². The van der Waals surface area contributed by atoms with Crippen molar-refractivity contribution in [3.05, 3.63) is 17.0 Å². The van der Waals surface area contributed by atoms with Crippen LogP contribution in [0.25, 0.3) is 0 Å². The first-order chi connectivity index (χ1) is 6.74. The van der Waals surface area contributed by atoms with Crippen molar-refractivity contribution in [1.82, 2.24) is 10.2 Å². The molecule has 0 radical (unpaired) electrons. The van der Waals surface area contributed by atoms with E-state index in [0.717, 1.165) is 31.4 Å². The molecule has 0 bridgehead atoms. The molecule has 0 spiro atoms. The lowest BCUT2D eigenvalue weighted by Crippen LogP contribution is -2.19. The Kier molecular flexibility index (Phi) is 1.45. The predicted molar refractivity (Wildman–Crippen MR) is 52.2 cm³/mol. The Bertz CT molecular complexity index is 401. The van der Waals surface area contributed by atoms with Gasteiger partial charge in [-0.2, -0.15) is 5.10 Å². The summed E-state index contributed by atoms with van der Waals surface area (Å²) in [5.74, 6) is 0.290. The van der Waals surface area contributed by atoms with Crippen LogP contribution in [-0.4, -0.2) is 16.0 Å². The summed E-state index contributed by atoms with van der Waals surface area (Å²) < 4.78 is 0. The fourth-order valence-electron chi connectivity index (χ4n) is 2.60. The largest absolute Gasteiger partial charge is 0.299 e. The van der Waals surface area contributed by atoms with E-state index < -0.39 is 0 Å². The number of aromatic nitrogens is 2. The molecule has 3 rings (SSSR count). The van der Waals surface area contributed by atoms with Gasteiger partial charge >= 0.3 is 0 Å². The van der Waals surface area contributed by atoms with Crippen LogP contribution < -0.4 is 0 Å². The van der Waals surface area contributed by atoms with Crippen molar-refractivity contribution in [3.63, 3.8) is 0 Å². The molecule has 2 aliphatic rings. The highest BCUT2D eigenvalue weighted by molar-refractivity contribution is 5.91. The molecule has 1 aromatic heterocycles. The maximum atomic E-state index is 11.6. The first kappa shape index (κ1) is 8.21. The van der Waals surface area contributed by atoms with Crippen LogP contribution in [0.4, 0.5) is 0 Å². The average molecular weight is 190 g/mol. The van der Waals surface area contributed by atoms with Crippen LogP contribution in [0.15, 0.2) is 0 Å². The minimum Gasteiger partial charge on any atom is -0.299 e. The van der Waals surface area contributed by atoms with Gasteiger partial charge in [0, 0.05) is 5.69 Å². The molecule has 0 amide bonds. The van der Waals surface area contributed by atoms with Gasteiger partial charge in [-0.15, -0.1) is 0 Å². The number of carbonyl (C=O) groups excluding carboxylic acids is 1. The number of Topliss-reactive ketones (excluding diaryl/α,β-unsaturated/α-hetero) is 1. The summed E-state index contributed by atoms with van der Waals surface area (Å²) in [4.78, 5) is 11.6. The summed E-state index contributed by atoms with van der Waals surface area (Å²) in [5.41, 5.74) is 3.50. The van der Waals surface area contributed by atoms with E-state index >= 15 is 0 Å². The standard InChI is InChI=1S/C11H14N2O/c1-7(14)11(5-6-11)10-8-3-2-4-9(8)12-13-10/h2-6H2,1H3,(H,12,13). The highest BCUT2D eigenvalue weighted by atomic mass is 16.1. The summed E-state index contributed by atoms with van der Waals surface area (Å²) in [6.45, 7) is 1.70. The Hall–Kier alpha value is -1.12. The molecule has 3 nitrogen and oxygen atoms in total. The van der Waals surface area contributed by atoms with Crippen LogP contribution in [-0.2, 0) is 23.1 Å². The monoisotopic (exact) mass is 190 g/mol. The normalized spacial score (nSPS) is 22.1. The van der Waals surface area contributed by atoms with E-state index in [4.69, 9.17) is 0 Å². The summed E-state index contributed by atoms with van der Waals surface area (Å²) in [5, 5.41) is 7.43. The number of rotatable bonds is 2. The third-order valence-electron chi connectivity index (χ3n) is 3.68. The molecule has 0 saturated heterocycles. The molecule has 0 unspecified atom stereocenters. The minimum absolute atomic E-state index is 0.186. The number of hydrogen-bond donors (Lipinski definition) is 1. The average Bonchev–Trinajstić information content (AvgIpc) is 2.67. The van der Waals surface area contributed by atoms with Gasteiger partial charge in [-0.1, -0.05) is 0 Å². The summed E-state index contributed by atoms with van der Waals surface area (Å²) in [6, 6.07) is 0. The SMILES string of the molecule is CC(=O)C1(c2n[nH]c3c2CCC3)CC1. The van der Waals surface area contributed by atoms with Gasteiger partial charge < -0.3 is 0 Å². The van der Waals surface area contributed by atoms with E-state index in [-0.39, 0.29) is 5.41 Å². The van der Waals surface area contributed by atoms with Crippen molar-refractivity contribution in [3.8, 4) is 0 Å². The van der Waals surface area contributed by atoms with Crippen molar-refractivity contribution in [2.75, 3.05) is 0 Å². The number of nitrogens with one attached hydrogen (secondary N) is 1. The lowest BCUT2D eigenvalue weighted by Gasteiger charge is -2.09. The molecular weight excluding hydrogens is 176 g/mol. The zero-order valence-electron chi connectivity index (χ0n) is 8.39. The summed E-state index contributed by atoms with van der Waals surface area (Å²) in [6.07, 6.45) is 5.43. The van der Waals surface area contributed by atoms with Crippen LogP contribution >= 0.6 is 0 Å². The van der Waals surface area contributed by atoms with E-state index in [2.05, 4.69) is 10.2 Å². The molecule has 3 heteroatoms.